The topological polar surface area (TPSA) is 27.7 Å². The molecule has 0 atom stereocenters. The maximum absolute atomic E-state index is 5.54. The number of benzene rings is 1. The zero-order chi connectivity index (χ0) is 10.7. The highest BCUT2D eigenvalue weighted by Crippen LogP contribution is 2.24. The van der Waals surface area contributed by atoms with Crippen LogP contribution in [0.15, 0.2) is 24.3 Å². The van der Waals surface area contributed by atoms with Crippen molar-refractivity contribution in [3.63, 3.8) is 0 Å². The van der Waals surface area contributed by atoms with Crippen LogP contribution in [-0.4, -0.2) is 13.9 Å². The molecule has 0 N–H and O–H groups in total. The van der Waals surface area contributed by atoms with Crippen molar-refractivity contribution in [2.75, 3.05) is 6.61 Å². The van der Waals surface area contributed by atoms with E-state index in [1.54, 1.807) is 0 Å². The Morgan fingerprint density at radius 1 is 1.40 bits per heavy atom. The van der Waals surface area contributed by atoms with E-state index in [2.05, 4.69) is 13.8 Å². The zero-order valence-corrected chi connectivity index (χ0v) is 9.10. The minimum atomic E-state index is -0.553. The Morgan fingerprint density at radius 2 is 2.20 bits per heavy atom. The predicted octanol–water partition coefficient (Wildman–Crippen LogP) is 2.25. The van der Waals surface area contributed by atoms with Crippen LogP contribution in [0, 0.1) is 5.92 Å². The van der Waals surface area contributed by atoms with Gasteiger partial charge in [0.1, 0.15) is 5.75 Å². The summed E-state index contributed by atoms with van der Waals surface area (Å²) in [5, 5.41) is 0. The van der Waals surface area contributed by atoms with Crippen LogP contribution in [0.5, 0.6) is 5.75 Å². The van der Waals surface area contributed by atoms with Crippen molar-refractivity contribution in [1.29, 1.82) is 0 Å². The SMILES string of the molecule is CC(C)COB1OCc2ccccc2O1. The fraction of sp³-hybridized carbons (Fsp3) is 0.455. The molecule has 3 nitrogen and oxygen atoms in total. The monoisotopic (exact) mass is 206 g/mol. The molecule has 1 aromatic rings. The number of hydrogen-bond acceptors (Lipinski definition) is 3. The van der Waals surface area contributed by atoms with Gasteiger partial charge in [-0.2, -0.15) is 0 Å². The molecule has 0 amide bonds. The first kappa shape index (κ1) is 10.5. The molecule has 4 heteroatoms. The summed E-state index contributed by atoms with van der Waals surface area (Å²) in [6.07, 6.45) is 0. The van der Waals surface area contributed by atoms with Crippen molar-refractivity contribution in [3.8, 4) is 5.75 Å². The van der Waals surface area contributed by atoms with Gasteiger partial charge in [0.2, 0.25) is 0 Å². The Hall–Kier alpha value is -0.995. The van der Waals surface area contributed by atoms with Crippen molar-refractivity contribution < 1.29 is 14.0 Å². The second-order valence-electron chi connectivity index (χ2n) is 4.05. The fourth-order valence-electron chi connectivity index (χ4n) is 1.39. The average Bonchev–Trinajstić information content (AvgIpc) is 2.26. The molecular formula is C11H15BO3. The number of rotatable bonds is 3. The molecule has 0 fully saturated rings. The first-order valence-electron chi connectivity index (χ1n) is 5.23. The number of hydrogen-bond donors (Lipinski definition) is 0. The van der Waals surface area contributed by atoms with Gasteiger partial charge in [-0.15, -0.1) is 0 Å². The minimum Gasteiger partial charge on any atom is -0.511 e. The molecule has 0 unspecified atom stereocenters. The standard InChI is InChI=1S/C11H15BO3/c1-9(2)7-13-12-14-8-10-5-3-4-6-11(10)15-12/h3-6,9H,7-8H2,1-2H3. The Morgan fingerprint density at radius 3 is 3.00 bits per heavy atom. The van der Waals surface area contributed by atoms with E-state index in [-0.39, 0.29) is 0 Å². The molecule has 0 saturated carbocycles. The quantitative estimate of drug-likeness (QED) is 0.710. The second kappa shape index (κ2) is 4.68. The van der Waals surface area contributed by atoms with Gasteiger partial charge in [-0.1, -0.05) is 32.0 Å². The van der Waals surface area contributed by atoms with E-state index in [0.717, 1.165) is 11.3 Å². The molecule has 1 aliphatic heterocycles. The molecule has 0 spiro atoms. The minimum absolute atomic E-state index is 0.481. The lowest BCUT2D eigenvalue weighted by molar-refractivity contribution is 0.106. The Balaban J connectivity index is 1.94. The van der Waals surface area contributed by atoms with Crippen molar-refractivity contribution in [2.45, 2.75) is 20.5 Å². The molecule has 1 heterocycles. The van der Waals surface area contributed by atoms with Gasteiger partial charge in [-0.05, 0) is 12.0 Å². The van der Waals surface area contributed by atoms with Crippen LogP contribution < -0.4 is 4.65 Å². The lowest BCUT2D eigenvalue weighted by atomic mass is 10.1. The van der Waals surface area contributed by atoms with Gasteiger partial charge in [0, 0.05) is 12.2 Å². The Labute approximate surface area is 90.5 Å². The molecule has 0 radical (unpaired) electrons. The zero-order valence-electron chi connectivity index (χ0n) is 9.10. The van der Waals surface area contributed by atoms with E-state index in [0.29, 0.717) is 19.1 Å². The molecule has 0 bridgehead atoms. The molecule has 0 saturated heterocycles. The summed E-state index contributed by atoms with van der Waals surface area (Å²) >= 11 is 0. The third-order valence-corrected chi connectivity index (χ3v) is 2.14. The van der Waals surface area contributed by atoms with Gasteiger partial charge >= 0.3 is 7.32 Å². The number of para-hydroxylation sites is 1. The average molecular weight is 206 g/mol. The van der Waals surface area contributed by atoms with Gasteiger partial charge in [-0.3, -0.25) is 0 Å². The fourth-order valence-corrected chi connectivity index (χ4v) is 1.39. The summed E-state index contributed by atoms with van der Waals surface area (Å²) in [5.41, 5.74) is 1.07. The lowest BCUT2D eigenvalue weighted by Gasteiger charge is -2.22. The molecule has 2 rings (SSSR count). The van der Waals surface area contributed by atoms with Crippen LogP contribution in [0.1, 0.15) is 19.4 Å². The van der Waals surface area contributed by atoms with Crippen molar-refractivity contribution in [2.24, 2.45) is 5.92 Å². The Bertz CT molecular complexity index is 327. The van der Waals surface area contributed by atoms with E-state index in [4.69, 9.17) is 14.0 Å². The van der Waals surface area contributed by atoms with E-state index in [1.807, 2.05) is 24.3 Å². The first-order valence-corrected chi connectivity index (χ1v) is 5.23. The highest BCUT2D eigenvalue weighted by molar-refractivity contribution is 6.37. The normalized spacial score (nSPS) is 15.0. The second-order valence-corrected chi connectivity index (χ2v) is 4.05. The van der Waals surface area contributed by atoms with Crippen molar-refractivity contribution >= 4 is 7.32 Å². The van der Waals surface area contributed by atoms with E-state index >= 15 is 0 Å². The van der Waals surface area contributed by atoms with Crippen LogP contribution in [-0.2, 0) is 15.9 Å². The summed E-state index contributed by atoms with van der Waals surface area (Å²) in [6, 6.07) is 7.85. The van der Waals surface area contributed by atoms with Crippen LogP contribution in [0.3, 0.4) is 0 Å². The van der Waals surface area contributed by atoms with Crippen molar-refractivity contribution in [3.05, 3.63) is 29.8 Å². The Kier molecular flexibility index (Phi) is 3.28. The van der Waals surface area contributed by atoms with Crippen LogP contribution in [0.2, 0.25) is 0 Å². The summed E-state index contributed by atoms with van der Waals surface area (Å²) in [7, 11) is -0.553. The van der Waals surface area contributed by atoms with Gasteiger partial charge < -0.3 is 14.0 Å². The third kappa shape index (κ3) is 2.73. The van der Waals surface area contributed by atoms with Gasteiger partial charge in [0.25, 0.3) is 0 Å². The molecule has 1 aliphatic rings. The molecule has 1 aromatic carbocycles. The molecule has 15 heavy (non-hydrogen) atoms. The maximum Gasteiger partial charge on any atom is 0.713 e. The lowest BCUT2D eigenvalue weighted by Crippen LogP contribution is -2.34. The van der Waals surface area contributed by atoms with E-state index in [1.165, 1.54) is 0 Å². The first-order chi connectivity index (χ1) is 7.25. The van der Waals surface area contributed by atoms with Gasteiger partial charge in [0.05, 0.1) is 6.61 Å². The van der Waals surface area contributed by atoms with Gasteiger partial charge in [-0.25, -0.2) is 0 Å². The molecule has 0 aromatic heterocycles. The summed E-state index contributed by atoms with van der Waals surface area (Å²) < 4.78 is 16.4. The summed E-state index contributed by atoms with van der Waals surface area (Å²) in [4.78, 5) is 0. The van der Waals surface area contributed by atoms with Crippen molar-refractivity contribution in [1.82, 2.24) is 0 Å². The van der Waals surface area contributed by atoms with Gasteiger partial charge in [0.15, 0.2) is 0 Å². The summed E-state index contributed by atoms with van der Waals surface area (Å²) in [6.45, 7) is 5.39. The molecule has 0 aliphatic carbocycles. The highest BCUT2D eigenvalue weighted by atomic mass is 16.7. The van der Waals surface area contributed by atoms with E-state index < -0.39 is 7.32 Å². The van der Waals surface area contributed by atoms with Crippen LogP contribution in [0.25, 0.3) is 0 Å². The third-order valence-electron chi connectivity index (χ3n) is 2.14. The van der Waals surface area contributed by atoms with Crippen LogP contribution >= 0.6 is 0 Å². The maximum atomic E-state index is 5.54. The van der Waals surface area contributed by atoms with Crippen LogP contribution in [0.4, 0.5) is 0 Å². The predicted molar refractivity (Wildman–Crippen MR) is 58.4 cm³/mol. The number of fused-ring (bicyclic) bond motifs is 1. The smallest absolute Gasteiger partial charge is 0.511 e. The molecular weight excluding hydrogens is 191 g/mol. The van der Waals surface area contributed by atoms with E-state index in [9.17, 15) is 0 Å². The summed E-state index contributed by atoms with van der Waals surface area (Å²) in [5.74, 6) is 1.34. The molecule has 80 valence electrons. The largest absolute Gasteiger partial charge is 0.713 e. The highest BCUT2D eigenvalue weighted by Gasteiger charge is 2.29.